The summed E-state index contributed by atoms with van der Waals surface area (Å²) in [4.78, 5) is 16.4. The van der Waals surface area contributed by atoms with Crippen LogP contribution in [0.2, 0.25) is 0 Å². The first-order valence-electron chi connectivity index (χ1n) is 9.01. The number of nitrogens with one attached hydrogen (secondary N) is 1. The predicted molar refractivity (Wildman–Crippen MR) is 107 cm³/mol. The van der Waals surface area contributed by atoms with Crippen LogP contribution in [0.5, 0.6) is 5.75 Å². The normalized spacial score (nSPS) is 11.7. The minimum Gasteiger partial charge on any atom is -0.497 e. The minimum absolute atomic E-state index is 0.0451. The molecule has 0 spiro atoms. The van der Waals surface area contributed by atoms with Crippen LogP contribution >= 0.6 is 0 Å². The van der Waals surface area contributed by atoms with Crippen molar-refractivity contribution in [2.45, 2.75) is 24.8 Å². The van der Waals surface area contributed by atoms with Crippen molar-refractivity contribution in [3.8, 4) is 5.75 Å². The third kappa shape index (κ3) is 3.79. The molecule has 30 heavy (non-hydrogen) atoms. The third-order valence-corrected chi connectivity index (χ3v) is 5.76. The SMILES string of the molecule is CCc1nc(Cn2c(=O)oc3cc(S(=O)(=O)Nc4cccc(OC)c4)ccc32)no1. The van der Waals surface area contributed by atoms with Crippen molar-refractivity contribution < 1.29 is 22.1 Å². The fourth-order valence-electron chi connectivity index (χ4n) is 2.90. The summed E-state index contributed by atoms with van der Waals surface area (Å²) in [7, 11) is -2.42. The molecular weight excluding hydrogens is 412 g/mol. The molecular formula is C19H18N4O6S. The molecule has 11 heteroatoms. The van der Waals surface area contributed by atoms with E-state index >= 15 is 0 Å². The molecule has 0 aliphatic carbocycles. The van der Waals surface area contributed by atoms with Crippen LogP contribution in [0.3, 0.4) is 0 Å². The molecule has 0 atom stereocenters. The first-order valence-corrected chi connectivity index (χ1v) is 10.5. The lowest BCUT2D eigenvalue weighted by Gasteiger charge is -2.09. The number of ether oxygens (including phenoxy) is 1. The Morgan fingerprint density at radius 1 is 1.20 bits per heavy atom. The molecule has 0 bridgehead atoms. The van der Waals surface area contributed by atoms with Crippen molar-refractivity contribution in [2.75, 3.05) is 11.8 Å². The number of benzene rings is 2. The van der Waals surface area contributed by atoms with Crippen LogP contribution in [0.15, 0.2) is 61.1 Å². The van der Waals surface area contributed by atoms with Gasteiger partial charge >= 0.3 is 5.76 Å². The minimum atomic E-state index is -3.91. The van der Waals surface area contributed by atoms with Gasteiger partial charge in [0.05, 0.1) is 29.8 Å². The second-order valence-corrected chi connectivity index (χ2v) is 8.06. The molecule has 2 aromatic heterocycles. The molecule has 0 radical (unpaired) electrons. The number of anilines is 1. The van der Waals surface area contributed by atoms with E-state index in [0.717, 1.165) is 0 Å². The first kappa shape index (κ1) is 19.7. The summed E-state index contributed by atoms with van der Waals surface area (Å²) >= 11 is 0. The number of sulfonamides is 1. The quantitative estimate of drug-likeness (QED) is 0.473. The number of rotatable bonds is 7. The Hall–Kier alpha value is -3.60. The smallest absolute Gasteiger partial charge is 0.420 e. The zero-order valence-corrected chi connectivity index (χ0v) is 17.0. The van der Waals surface area contributed by atoms with Gasteiger partial charge in [0.1, 0.15) is 5.75 Å². The highest BCUT2D eigenvalue weighted by Crippen LogP contribution is 2.23. The fraction of sp³-hybridized carbons (Fsp3) is 0.211. The Bertz CT molecular complexity index is 1370. The number of oxazole rings is 1. The number of fused-ring (bicyclic) bond motifs is 1. The van der Waals surface area contributed by atoms with E-state index in [4.69, 9.17) is 13.7 Å². The number of methoxy groups -OCH3 is 1. The molecule has 156 valence electrons. The van der Waals surface area contributed by atoms with Gasteiger partial charge in [-0.3, -0.25) is 9.29 Å². The second kappa shape index (κ2) is 7.67. The van der Waals surface area contributed by atoms with Crippen LogP contribution in [0, 0.1) is 0 Å². The highest BCUT2D eigenvalue weighted by atomic mass is 32.2. The van der Waals surface area contributed by atoms with Gasteiger partial charge in [0.25, 0.3) is 10.0 Å². The van der Waals surface area contributed by atoms with Crippen molar-refractivity contribution in [1.29, 1.82) is 0 Å². The number of hydrogen-bond donors (Lipinski definition) is 1. The Kier molecular flexibility index (Phi) is 5.04. The van der Waals surface area contributed by atoms with E-state index in [1.807, 2.05) is 6.92 Å². The zero-order chi connectivity index (χ0) is 21.3. The van der Waals surface area contributed by atoms with E-state index in [1.54, 1.807) is 24.3 Å². The average Bonchev–Trinajstić information content (AvgIpc) is 3.31. The van der Waals surface area contributed by atoms with Gasteiger partial charge < -0.3 is 13.7 Å². The standard InChI is InChI=1S/C19H18N4O6S/c1-3-18-20-17(21-29-18)11-23-15-8-7-14(10-16(15)28-19(23)24)30(25,26)22-12-5-4-6-13(9-12)27-2/h4-10,22H,3,11H2,1-2H3. The first-order chi connectivity index (χ1) is 14.4. The van der Waals surface area contributed by atoms with E-state index in [-0.39, 0.29) is 17.0 Å². The van der Waals surface area contributed by atoms with Gasteiger partial charge in [-0.1, -0.05) is 18.1 Å². The average molecular weight is 430 g/mol. The van der Waals surface area contributed by atoms with E-state index in [1.165, 1.54) is 29.9 Å². The van der Waals surface area contributed by atoms with Crippen LogP contribution in [-0.4, -0.2) is 30.2 Å². The van der Waals surface area contributed by atoms with Crippen LogP contribution in [0.1, 0.15) is 18.6 Å². The Morgan fingerprint density at radius 3 is 2.77 bits per heavy atom. The Morgan fingerprint density at radius 2 is 2.03 bits per heavy atom. The predicted octanol–water partition coefficient (Wildman–Crippen LogP) is 2.40. The molecule has 0 saturated carbocycles. The van der Waals surface area contributed by atoms with E-state index in [0.29, 0.717) is 35.1 Å². The Balaban J connectivity index is 1.65. The maximum absolute atomic E-state index is 12.8. The lowest BCUT2D eigenvalue weighted by Crippen LogP contribution is -2.15. The summed E-state index contributed by atoms with van der Waals surface area (Å²) < 4.78 is 44.7. The summed E-state index contributed by atoms with van der Waals surface area (Å²) in [5, 5.41) is 3.82. The van der Waals surface area contributed by atoms with Crippen molar-refractivity contribution >= 4 is 26.8 Å². The number of aryl methyl sites for hydroxylation is 1. The summed E-state index contributed by atoms with van der Waals surface area (Å²) in [5.41, 5.74) is 0.896. The molecule has 10 nitrogen and oxygen atoms in total. The van der Waals surface area contributed by atoms with Gasteiger partial charge in [-0.15, -0.1) is 0 Å². The summed E-state index contributed by atoms with van der Waals surface area (Å²) in [5.74, 6) is 0.653. The molecule has 0 fully saturated rings. The van der Waals surface area contributed by atoms with Gasteiger partial charge in [-0.2, -0.15) is 4.98 Å². The largest absolute Gasteiger partial charge is 0.497 e. The topological polar surface area (TPSA) is 129 Å². The van der Waals surface area contributed by atoms with Crippen molar-refractivity contribution in [3.63, 3.8) is 0 Å². The molecule has 0 unspecified atom stereocenters. The summed E-state index contributed by atoms with van der Waals surface area (Å²) in [6, 6.07) is 10.7. The Labute approximate surface area is 171 Å². The zero-order valence-electron chi connectivity index (χ0n) is 16.2. The number of hydrogen-bond acceptors (Lipinski definition) is 8. The van der Waals surface area contributed by atoms with E-state index in [9.17, 15) is 13.2 Å². The molecule has 4 rings (SSSR count). The van der Waals surface area contributed by atoms with Gasteiger partial charge in [-0.25, -0.2) is 13.2 Å². The second-order valence-electron chi connectivity index (χ2n) is 6.38. The molecule has 1 N–H and O–H groups in total. The third-order valence-electron chi connectivity index (χ3n) is 4.38. The molecule has 2 aromatic carbocycles. The molecule has 0 amide bonds. The van der Waals surface area contributed by atoms with Gasteiger partial charge in [-0.05, 0) is 24.3 Å². The van der Waals surface area contributed by atoms with Crippen LogP contribution in [0.25, 0.3) is 11.1 Å². The fourth-order valence-corrected chi connectivity index (χ4v) is 3.97. The number of aromatic nitrogens is 3. The summed E-state index contributed by atoms with van der Waals surface area (Å²) in [6.45, 7) is 1.92. The molecule has 2 heterocycles. The van der Waals surface area contributed by atoms with Crippen LogP contribution < -0.4 is 15.2 Å². The van der Waals surface area contributed by atoms with E-state index < -0.39 is 15.8 Å². The molecule has 0 saturated heterocycles. The highest BCUT2D eigenvalue weighted by Gasteiger charge is 2.19. The van der Waals surface area contributed by atoms with Gasteiger partial charge in [0.15, 0.2) is 11.4 Å². The van der Waals surface area contributed by atoms with E-state index in [2.05, 4.69) is 14.9 Å². The highest BCUT2D eigenvalue weighted by molar-refractivity contribution is 7.92. The lowest BCUT2D eigenvalue weighted by atomic mass is 10.3. The van der Waals surface area contributed by atoms with Gasteiger partial charge in [0.2, 0.25) is 5.89 Å². The number of nitrogens with zero attached hydrogens (tertiary/aromatic N) is 3. The van der Waals surface area contributed by atoms with Gasteiger partial charge in [0, 0.05) is 18.6 Å². The monoisotopic (exact) mass is 430 g/mol. The maximum atomic E-state index is 12.8. The molecule has 4 aromatic rings. The lowest BCUT2D eigenvalue weighted by molar-refractivity contribution is 0.375. The van der Waals surface area contributed by atoms with Crippen molar-refractivity contribution in [2.24, 2.45) is 0 Å². The van der Waals surface area contributed by atoms with Crippen LogP contribution in [0.4, 0.5) is 5.69 Å². The maximum Gasteiger partial charge on any atom is 0.420 e. The van der Waals surface area contributed by atoms with Crippen LogP contribution in [-0.2, 0) is 23.0 Å². The van der Waals surface area contributed by atoms with Crippen molar-refractivity contribution in [1.82, 2.24) is 14.7 Å². The van der Waals surface area contributed by atoms with Crippen molar-refractivity contribution in [3.05, 3.63) is 64.7 Å². The molecule has 0 aliphatic heterocycles. The summed E-state index contributed by atoms with van der Waals surface area (Å²) in [6.07, 6.45) is 0.579. The molecule has 0 aliphatic rings.